The molecule has 1 amide bonds. The normalized spacial score (nSPS) is 10.1. The molecule has 3 nitrogen and oxygen atoms in total. The Morgan fingerprint density at radius 1 is 1.10 bits per heavy atom. The average Bonchev–Trinajstić information content (AvgIpc) is 2.48. The van der Waals surface area contributed by atoms with Crippen LogP contribution in [-0.2, 0) is 11.2 Å². The number of amides is 1. The van der Waals surface area contributed by atoms with Gasteiger partial charge in [0.1, 0.15) is 5.75 Å². The third-order valence-electron chi connectivity index (χ3n) is 3.23. The van der Waals surface area contributed by atoms with Crippen LogP contribution < -0.4 is 10.1 Å². The first-order valence-corrected chi connectivity index (χ1v) is 6.68. The molecule has 0 aliphatic rings. The van der Waals surface area contributed by atoms with Crippen LogP contribution in [0.15, 0.2) is 48.5 Å². The molecule has 0 aromatic heterocycles. The van der Waals surface area contributed by atoms with E-state index in [-0.39, 0.29) is 5.91 Å². The summed E-state index contributed by atoms with van der Waals surface area (Å²) in [6.45, 7) is 1.98. The van der Waals surface area contributed by atoms with E-state index in [0.29, 0.717) is 12.8 Å². The lowest BCUT2D eigenvalue weighted by Crippen LogP contribution is -2.13. The lowest BCUT2D eigenvalue weighted by Gasteiger charge is -2.10. The minimum atomic E-state index is 0.0187. The molecule has 0 bridgehead atoms. The van der Waals surface area contributed by atoms with Gasteiger partial charge < -0.3 is 10.1 Å². The van der Waals surface area contributed by atoms with E-state index >= 15 is 0 Å². The topological polar surface area (TPSA) is 38.3 Å². The number of rotatable bonds is 5. The highest BCUT2D eigenvalue weighted by atomic mass is 16.5. The van der Waals surface area contributed by atoms with Crippen LogP contribution in [0.1, 0.15) is 17.5 Å². The van der Waals surface area contributed by atoms with E-state index in [2.05, 4.69) is 5.32 Å². The van der Waals surface area contributed by atoms with E-state index in [1.165, 1.54) is 0 Å². The first kappa shape index (κ1) is 14.1. The number of hydrogen-bond acceptors (Lipinski definition) is 2. The Hall–Kier alpha value is -2.29. The minimum Gasteiger partial charge on any atom is -0.496 e. The molecular weight excluding hydrogens is 250 g/mol. The molecule has 0 aliphatic carbocycles. The molecule has 0 unspecified atom stereocenters. The Morgan fingerprint density at radius 2 is 1.80 bits per heavy atom. The van der Waals surface area contributed by atoms with Crippen molar-refractivity contribution in [3.8, 4) is 5.75 Å². The summed E-state index contributed by atoms with van der Waals surface area (Å²) in [6.07, 6.45) is 1.11. The Morgan fingerprint density at radius 3 is 2.55 bits per heavy atom. The lowest BCUT2D eigenvalue weighted by atomic mass is 10.1. The number of anilines is 1. The molecule has 1 N–H and O–H groups in total. The second-order valence-corrected chi connectivity index (χ2v) is 4.67. The standard InChI is InChI=1S/C17H19NO2/c1-13-7-3-5-9-15(13)18-17(19)12-11-14-8-4-6-10-16(14)20-2/h3-10H,11-12H2,1-2H3,(H,18,19). The van der Waals surface area contributed by atoms with Gasteiger partial charge in [0.15, 0.2) is 0 Å². The summed E-state index contributed by atoms with van der Waals surface area (Å²) in [6, 6.07) is 15.6. The largest absolute Gasteiger partial charge is 0.496 e. The Balaban J connectivity index is 1.94. The van der Waals surface area contributed by atoms with Crippen LogP contribution in [0.5, 0.6) is 5.75 Å². The smallest absolute Gasteiger partial charge is 0.224 e. The zero-order valence-electron chi connectivity index (χ0n) is 11.8. The fourth-order valence-electron chi connectivity index (χ4n) is 2.08. The summed E-state index contributed by atoms with van der Waals surface area (Å²) in [4.78, 5) is 12.0. The van der Waals surface area contributed by atoms with Gasteiger partial charge in [0, 0.05) is 12.1 Å². The Bertz CT molecular complexity index is 593. The summed E-state index contributed by atoms with van der Waals surface area (Å²) >= 11 is 0. The van der Waals surface area contributed by atoms with E-state index in [1.54, 1.807) is 7.11 Å². The van der Waals surface area contributed by atoms with Crippen LogP contribution in [-0.4, -0.2) is 13.0 Å². The third kappa shape index (κ3) is 3.60. The van der Waals surface area contributed by atoms with Crippen molar-refractivity contribution < 1.29 is 9.53 Å². The average molecular weight is 269 g/mol. The summed E-state index contributed by atoms with van der Waals surface area (Å²) in [7, 11) is 1.65. The fraction of sp³-hybridized carbons (Fsp3) is 0.235. The summed E-state index contributed by atoms with van der Waals surface area (Å²) in [5, 5.41) is 2.94. The number of benzene rings is 2. The van der Waals surface area contributed by atoms with Crippen molar-refractivity contribution in [3.63, 3.8) is 0 Å². The molecule has 0 saturated heterocycles. The predicted molar refractivity (Wildman–Crippen MR) is 81.1 cm³/mol. The van der Waals surface area contributed by atoms with Gasteiger partial charge in [0.25, 0.3) is 0 Å². The van der Waals surface area contributed by atoms with Gasteiger partial charge >= 0.3 is 0 Å². The lowest BCUT2D eigenvalue weighted by molar-refractivity contribution is -0.116. The summed E-state index contributed by atoms with van der Waals surface area (Å²) in [5.74, 6) is 0.849. The van der Waals surface area contributed by atoms with Gasteiger partial charge in [-0.3, -0.25) is 4.79 Å². The van der Waals surface area contributed by atoms with E-state index in [0.717, 1.165) is 22.6 Å². The zero-order valence-corrected chi connectivity index (χ0v) is 11.8. The molecule has 2 rings (SSSR count). The molecule has 104 valence electrons. The van der Waals surface area contributed by atoms with Crippen LogP contribution in [0.4, 0.5) is 5.69 Å². The van der Waals surface area contributed by atoms with Crippen LogP contribution in [0.2, 0.25) is 0 Å². The maximum atomic E-state index is 12.0. The Labute approximate surface area is 119 Å². The molecule has 0 radical (unpaired) electrons. The molecular formula is C17H19NO2. The number of hydrogen-bond donors (Lipinski definition) is 1. The van der Waals surface area contributed by atoms with Crippen molar-refractivity contribution in [1.82, 2.24) is 0 Å². The molecule has 0 fully saturated rings. The Kier molecular flexibility index (Phi) is 4.77. The van der Waals surface area contributed by atoms with Gasteiger partial charge in [-0.15, -0.1) is 0 Å². The number of carbonyl (C=O) groups excluding carboxylic acids is 1. The van der Waals surface area contributed by atoms with Crippen molar-refractivity contribution in [2.45, 2.75) is 19.8 Å². The highest BCUT2D eigenvalue weighted by Crippen LogP contribution is 2.19. The molecule has 2 aromatic rings. The van der Waals surface area contributed by atoms with Gasteiger partial charge in [0.05, 0.1) is 7.11 Å². The number of para-hydroxylation sites is 2. The molecule has 0 atom stereocenters. The van der Waals surface area contributed by atoms with Crippen molar-refractivity contribution in [2.75, 3.05) is 12.4 Å². The molecule has 0 heterocycles. The molecule has 0 spiro atoms. The van der Waals surface area contributed by atoms with Crippen molar-refractivity contribution in [1.29, 1.82) is 0 Å². The first-order chi connectivity index (χ1) is 9.70. The maximum absolute atomic E-state index is 12.0. The fourth-order valence-corrected chi connectivity index (χ4v) is 2.08. The van der Waals surface area contributed by atoms with E-state index in [9.17, 15) is 4.79 Å². The quantitative estimate of drug-likeness (QED) is 0.901. The SMILES string of the molecule is COc1ccccc1CCC(=O)Nc1ccccc1C. The number of aryl methyl sites for hydroxylation is 2. The van der Waals surface area contributed by atoms with Gasteiger partial charge in [-0.2, -0.15) is 0 Å². The highest BCUT2D eigenvalue weighted by Gasteiger charge is 2.07. The van der Waals surface area contributed by atoms with Crippen LogP contribution >= 0.6 is 0 Å². The maximum Gasteiger partial charge on any atom is 0.224 e. The van der Waals surface area contributed by atoms with E-state index < -0.39 is 0 Å². The molecule has 3 heteroatoms. The second kappa shape index (κ2) is 6.75. The van der Waals surface area contributed by atoms with Crippen molar-refractivity contribution in [3.05, 3.63) is 59.7 Å². The monoisotopic (exact) mass is 269 g/mol. The second-order valence-electron chi connectivity index (χ2n) is 4.67. The van der Waals surface area contributed by atoms with E-state index in [4.69, 9.17) is 4.74 Å². The van der Waals surface area contributed by atoms with Crippen molar-refractivity contribution in [2.24, 2.45) is 0 Å². The number of nitrogens with one attached hydrogen (secondary N) is 1. The van der Waals surface area contributed by atoms with Crippen LogP contribution in [0, 0.1) is 6.92 Å². The highest BCUT2D eigenvalue weighted by molar-refractivity contribution is 5.91. The first-order valence-electron chi connectivity index (χ1n) is 6.68. The molecule has 20 heavy (non-hydrogen) atoms. The molecule has 0 aliphatic heterocycles. The van der Waals surface area contributed by atoms with Gasteiger partial charge in [0.2, 0.25) is 5.91 Å². The third-order valence-corrected chi connectivity index (χ3v) is 3.23. The number of carbonyl (C=O) groups is 1. The summed E-state index contributed by atoms with van der Waals surface area (Å²) in [5.41, 5.74) is 2.99. The zero-order chi connectivity index (χ0) is 14.4. The van der Waals surface area contributed by atoms with Gasteiger partial charge in [-0.05, 0) is 36.6 Å². The molecule has 2 aromatic carbocycles. The van der Waals surface area contributed by atoms with Gasteiger partial charge in [-0.25, -0.2) is 0 Å². The minimum absolute atomic E-state index is 0.0187. The van der Waals surface area contributed by atoms with Crippen LogP contribution in [0.25, 0.3) is 0 Å². The number of methoxy groups -OCH3 is 1. The predicted octanol–water partition coefficient (Wildman–Crippen LogP) is 3.57. The summed E-state index contributed by atoms with van der Waals surface area (Å²) < 4.78 is 5.28. The van der Waals surface area contributed by atoms with E-state index in [1.807, 2.05) is 55.5 Å². The van der Waals surface area contributed by atoms with Gasteiger partial charge in [-0.1, -0.05) is 36.4 Å². The van der Waals surface area contributed by atoms with Crippen LogP contribution in [0.3, 0.4) is 0 Å². The molecule has 0 saturated carbocycles. The van der Waals surface area contributed by atoms with Crippen molar-refractivity contribution >= 4 is 11.6 Å². The number of ether oxygens (including phenoxy) is 1.